The average Bonchev–Trinajstić information content (AvgIpc) is 2.34. The van der Waals surface area contributed by atoms with E-state index in [1.807, 2.05) is 0 Å². The van der Waals surface area contributed by atoms with Gasteiger partial charge in [-0.15, -0.1) is 0 Å². The SMILES string of the molecule is CN(CCCS(=O)(=O)[O-])S(=O)(=O)C(F)(F)C(F)(F)C(F)(F)C(F)(F)F.[Li+]. The molecule has 0 unspecified atom stereocenters. The molecule has 0 fully saturated rings. The number of sulfonamides is 1. The van der Waals surface area contributed by atoms with Gasteiger partial charge in [-0.1, -0.05) is 0 Å². The first kappa shape index (κ1) is 28.0. The Bertz CT molecular complexity index is 691. The van der Waals surface area contributed by atoms with Gasteiger partial charge in [0.25, 0.3) is 10.0 Å². The van der Waals surface area contributed by atoms with Crippen molar-refractivity contribution < 1.29 is 79.8 Å². The zero-order valence-electron chi connectivity index (χ0n) is 12.8. The van der Waals surface area contributed by atoms with E-state index >= 15 is 0 Å². The van der Waals surface area contributed by atoms with E-state index in [-0.39, 0.29) is 25.9 Å². The molecule has 0 aliphatic heterocycles. The summed E-state index contributed by atoms with van der Waals surface area (Å²) in [6.07, 6.45) is -8.19. The second kappa shape index (κ2) is 8.03. The minimum atomic E-state index is -7.39. The summed E-state index contributed by atoms with van der Waals surface area (Å²) in [5, 5.41) is -6.90. The largest absolute Gasteiger partial charge is 1.00 e. The fourth-order valence-corrected chi connectivity index (χ4v) is 3.00. The molecule has 0 atom stereocenters. The molecule has 0 radical (unpaired) electrons. The van der Waals surface area contributed by atoms with E-state index in [4.69, 9.17) is 0 Å². The van der Waals surface area contributed by atoms with Gasteiger partial charge < -0.3 is 4.55 Å². The molecule has 0 saturated heterocycles. The van der Waals surface area contributed by atoms with Gasteiger partial charge in [-0.3, -0.25) is 0 Å². The molecule has 0 N–H and O–H groups in total. The maximum Gasteiger partial charge on any atom is 1.00 e. The van der Waals surface area contributed by atoms with Crippen LogP contribution in [0.3, 0.4) is 0 Å². The van der Waals surface area contributed by atoms with Gasteiger partial charge >= 0.3 is 42.1 Å². The zero-order valence-corrected chi connectivity index (χ0v) is 14.5. The molecule has 6 nitrogen and oxygen atoms in total. The third-order valence-electron chi connectivity index (χ3n) is 2.72. The van der Waals surface area contributed by atoms with E-state index in [0.717, 1.165) is 0 Å². The summed E-state index contributed by atoms with van der Waals surface area (Å²) in [7, 11) is -11.6. The second-order valence-corrected chi connectivity index (χ2v) is 8.22. The molecule has 0 rings (SSSR count). The number of rotatable bonds is 8. The Morgan fingerprint density at radius 2 is 1.23 bits per heavy atom. The van der Waals surface area contributed by atoms with Gasteiger partial charge in [-0.05, 0) is 6.42 Å². The third kappa shape index (κ3) is 5.19. The predicted molar refractivity (Wildman–Crippen MR) is 61.6 cm³/mol. The Labute approximate surface area is 153 Å². The molecule has 0 aromatic heterocycles. The smallest absolute Gasteiger partial charge is 0.748 e. The molecular weight excluding hydrogens is 432 g/mol. The molecule has 0 aromatic rings. The molecular formula is C8H9F9LiNO5S2. The zero-order chi connectivity index (χ0) is 20.7. The summed E-state index contributed by atoms with van der Waals surface area (Å²) >= 11 is 0. The van der Waals surface area contributed by atoms with Gasteiger partial charge in [0.05, 0.1) is 10.1 Å². The summed E-state index contributed by atoms with van der Waals surface area (Å²) in [5.41, 5.74) is 0. The molecule has 0 spiro atoms. The molecule has 0 heterocycles. The minimum absolute atomic E-state index is 0. The number of hydrogen-bond donors (Lipinski definition) is 0. The monoisotopic (exact) mass is 441 g/mol. The van der Waals surface area contributed by atoms with Gasteiger partial charge in [-0.2, -0.15) is 43.8 Å². The van der Waals surface area contributed by atoms with Crippen LogP contribution in [0.2, 0.25) is 0 Å². The van der Waals surface area contributed by atoms with Crippen LogP contribution in [0.4, 0.5) is 39.5 Å². The van der Waals surface area contributed by atoms with Crippen molar-refractivity contribution in [3.63, 3.8) is 0 Å². The van der Waals surface area contributed by atoms with Crippen LogP contribution in [0.15, 0.2) is 0 Å². The fourth-order valence-electron chi connectivity index (χ4n) is 1.30. The van der Waals surface area contributed by atoms with Crippen molar-refractivity contribution in [2.45, 2.75) is 29.7 Å². The third-order valence-corrected chi connectivity index (χ3v) is 5.41. The molecule has 0 bridgehead atoms. The Balaban J connectivity index is 0. The first-order valence-corrected chi connectivity index (χ1v) is 8.74. The van der Waals surface area contributed by atoms with Crippen molar-refractivity contribution in [2.75, 3.05) is 19.3 Å². The molecule has 18 heteroatoms. The fraction of sp³-hybridized carbons (Fsp3) is 1.00. The van der Waals surface area contributed by atoms with Crippen LogP contribution in [-0.4, -0.2) is 68.3 Å². The van der Waals surface area contributed by atoms with E-state index in [1.165, 1.54) is 0 Å². The van der Waals surface area contributed by atoms with Crippen molar-refractivity contribution in [1.82, 2.24) is 4.31 Å². The molecule has 0 aliphatic rings. The second-order valence-electron chi connectivity index (χ2n) is 4.61. The van der Waals surface area contributed by atoms with Crippen LogP contribution in [0, 0.1) is 0 Å². The van der Waals surface area contributed by atoms with Crippen molar-refractivity contribution in [2.24, 2.45) is 0 Å². The quantitative estimate of drug-likeness (QED) is 0.263. The predicted octanol–water partition coefficient (Wildman–Crippen LogP) is -1.39. The van der Waals surface area contributed by atoms with Crippen LogP contribution in [0.1, 0.15) is 6.42 Å². The average molecular weight is 441 g/mol. The number of alkyl halides is 9. The molecule has 0 saturated carbocycles. The van der Waals surface area contributed by atoms with Crippen molar-refractivity contribution in [3.05, 3.63) is 0 Å². The maximum absolute atomic E-state index is 13.4. The van der Waals surface area contributed by atoms with E-state index in [2.05, 4.69) is 0 Å². The summed E-state index contributed by atoms with van der Waals surface area (Å²) in [4.78, 5) is 0. The Kier molecular flexibility index (Phi) is 8.65. The number of hydrogen-bond acceptors (Lipinski definition) is 5. The molecule has 152 valence electrons. The summed E-state index contributed by atoms with van der Waals surface area (Å²) in [5.74, 6) is -16.1. The van der Waals surface area contributed by atoms with Crippen LogP contribution < -0.4 is 18.9 Å². The first-order chi connectivity index (χ1) is 10.6. The van der Waals surface area contributed by atoms with Crippen molar-refractivity contribution in [1.29, 1.82) is 0 Å². The first-order valence-electron chi connectivity index (χ1n) is 5.72. The minimum Gasteiger partial charge on any atom is -0.748 e. The van der Waals surface area contributed by atoms with Gasteiger partial charge in [0.1, 0.15) is 0 Å². The van der Waals surface area contributed by atoms with Crippen molar-refractivity contribution in [3.8, 4) is 0 Å². The van der Waals surface area contributed by atoms with Gasteiger partial charge in [0.15, 0.2) is 0 Å². The molecule has 0 aromatic carbocycles. The van der Waals surface area contributed by atoms with Crippen LogP contribution in [0.5, 0.6) is 0 Å². The number of nitrogens with zero attached hydrogens (tertiary/aromatic N) is 1. The standard InChI is InChI=1S/C8H10F9NO5S2.Li/c1-18(3-2-4-24(19,20)21)25(22,23)8(16,17)6(11,12)5(9,10)7(13,14)15;/h2-4H2,1H3,(H,19,20,21);/q;+1/p-1. The van der Waals surface area contributed by atoms with Crippen LogP contribution >= 0.6 is 0 Å². The normalized spacial score (nSPS) is 15.1. The molecule has 0 aliphatic carbocycles. The summed E-state index contributed by atoms with van der Waals surface area (Å²) in [6, 6.07) is 0. The Hall–Kier alpha value is -0.213. The van der Waals surface area contributed by atoms with Gasteiger partial charge in [0.2, 0.25) is 0 Å². The Morgan fingerprint density at radius 1 is 0.846 bits per heavy atom. The maximum atomic E-state index is 13.4. The van der Waals surface area contributed by atoms with E-state index in [9.17, 15) is 60.9 Å². The summed E-state index contributed by atoms with van der Waals surface area (Å²) in [6.45, 7) is -1.34. The van der Waals surface area contributed by atoms with Crippen LogP contribution in [-0.2, 0) is 20.1 Å². The van der Waals surface area contributed by atoms with Crippen LogP contribution in [0.25, 0.3) is 0 Å². The van der Waals surface area contributed by atoms with E-state index < -0.39 is 66.4 Å². The topological polar surface area (TPSA) is 94.6 Å². The number of halogens is 9. The van der Waals surface area contributed by atoms with Crippen molar-refractivity contribution >= 4 is 20.1 Å². The van der Waals surface area contributed by atoms with E-state index in [0.29, 0.717) is 0 Å². The molecule has 0 amide bonds. The van der Waals surface area contributed by atoms with Gasteiger partial charge in [-0.25, -0.2) is 16.8 Å². The van der Waals surface area contributed by atoms with E-state index in [1.54, 1.807) is 0 Å². The van der Waals surface area contributed by atoms with Gasteiger partial charge in [0, 0.05) is 19.3 Å². The molecule has 26 heavy (non-hydrogen) atoms. The summed E-state index contributed by atoms with van der Waals surface area (Å²) < 4.78 is 166. The Morgan fingerprint density at radius 3 is 1.54 bits per heavy atom.